The molecule has 0 aromatic carbocycles. The lowest BCUT2D eigenvalue weighted by atomic mass is 10.1. The van der Waals surface area contributed by atoms with Crippen LogP contribution >= 0.6 is 0 Å². The molecule has 0 rings (SSSR count). The summed E-state index contributed by atoms with van der Waals surface area (Å²) in [6.45, 7) is 2.65. The minimum absolute atomic E-state index is 0.417. The lowest BCUT2D eigenvalue weighted by Gasteiger charge is -2.18. The molecule has 0 aliphatic carbocycles. The number of carbonyl (C=O) groups excluding carboxylic acids is 1. The van der Waals surface area contributed by atoms with Gasteiger partial charge in [0, 0.05) is 12.2 Å². The van der Waals surface area contributed by atoms with Gasteiger partial charge in [-0.1, -0.05) is 0 Å². The number of hydrogen-bond acceptors (Lipinski definition) is 5. The third kappa shape index (κ3) is 6.22. The Morgan fingerprint density at radius 1 is 1.40 bits per heavy atom. The van der Waals surface area contributed by atoms with Gasteiger partial charge in [0.25, 0.3) is 0 Å². The van der Waals surface area contributed by atoms with E-state index < -0.39 is 23.4 Å². The molecule has 0 saturated carbocycles. The largest absolute Gasteiger partial charge is 0.478 e. The standard InChI is InChI=1S/C8H12N2O5/c1-8(2,14)7(9)10-15-6(13)4-3-5(11)12/h3-4,14H,1-2H3,(H2,9,10)(H,11,12). The van der Waals surface area contributed by atoms with E-state index in [0.29, 0.717) is 12.2 Å². The highest BCUT2D eigenvalue weighted by molar-refractivity contribution is 5.92. The van der Waals surface area contributed by atoms with E-state index >= 15 is 0 Å². The Labute approximate surface area is 85.8 Å². The minimum atomic E-state index is -1.46. The number of nitrogens with one attached hydrogen (secondary N) is 2. The van der Waals surface area contributed by atoms with Gasteiger partial charge in [-0.2, -0.15) is 0 Å². The quantitative estimate of drug-likeness (QED) is 0.217. The van der Waals surface area contributed by atoms with Crippen LogP contribution in [0.4, 0.5) is 0 Å². The van der Waals surface area contributed by atoms with E-state index in [0.717, 1.165) is 0 Å². The molecule has 0 aromatic rings. The lowest BCUT2D eigenvalue weighted by molar-refractivity contribution is -0.142. The molecule has 0 saturated heterocycles. The molecular formula is C8H12N2O5. The monoisotopic (exact) mass is 216 g/mol. The van der Waals surface area contributed by atoms with Crippen LogP contribution in [-0.4, -0.2) is 33.6 Å². The molecule has 0 radical (unpaired) electrons. The number of carbonyl (C=O) groups is 2. The van der Waals surface area contributed by atoms with Crippen molar-refractivity contribution in [1.82, 2.24) is 5.48 Å². The van der Waals surface area contributed by atoms with Crippen LogP contribution in [0.2, 0.25) is 0 Å². The van der Waals surface area contributed by atoms with E-state index in [2.05, 4.69) is 4.84 Å². The molecule has 0 aromatic heterocycles. The predicted molar refractivity (Wildman–Crippen MR) is 50.0 cm³/mol. The number of aliphatic carboxylic acids is 1. The highest BCUT2D eigenvalue weighted by Gasteiger charge is 2.20. The first kappa shape index (κ1) is 13.1. The van der Waals surface area contributed by atoms with Crippen LogP contribution in [0.3, 0.4) is 0 Å². The lowest BCUT2D eigenvalue weighted by Crippen LogP contribution is -2.42. The molecule has 0 unspecified atom stereocenters. The fourth-order valence-electron chi connectivity index (χ4n) is 0.400. The van der Waals surface area contributed by atoms with Crippen LogP contribution in [0.1, 0.15) is 13.8 Å². The summed E-state index contributed by atoms with van der Waals surface area (Å²) in [7, 11) is 0. The summed E-state index contributed by atoms with van der Waals surface area (Å²) < 4.78 is 0. The first-order chi connectivity index (χ1) is 6.73. The molecule has 15 heavy (non-hydrogen) atoms. The highest BCUT2D eigenvalue weighted by atomic mass is 16.7. The fraction of sp³-hybridized carbons (Fsp3) is 0.375. The van der Waals surface area contributed by atoms with Crippen LogP contribution in [0.15, 0.2) is 12.2 Å². The average molecular weight is 216 g/mol. The Balaban J connectivity index is 4.03. The Morgan fingerprint density at radius 3 is 2.33 bits per heavy atom. The van der Waals surface area contributed by atoms with Crippen molar-refractivity contribution in [1.29, 1.82) is 5.41 Å². The van der Waals surface area contributed by atoms with E-state index in [4.69, 9.17) is 10.5 Å². The summed E-state index contributed by atoms with van der Waals surface area (Å²) in [4.78, 5) is 25.0. The van der Waals surface area contributed by atoms with Crippen molar-refractivity contribution in [3.8, 4) is 0 Å². The van der Waals surface area contributed by atoms with Gasteiger partial charge in [-0.05, 0) is 13.8 Å². The Morgan fingerprint density at radius 2 is 1.93 bits per heavy atom. The maximum Gasteiger partial charge on any atom is 0.355 e. The number of rotatable bonds is 3. The van der Waals surface area contributed by atoms with Gasteiger partial charge in [-0.25, -0.2) is 15.1 Å². The predicted octanol–water partition coefficient (Wildman–Crippen LogP) is -0.577. The van der Waals surface area contributed by atoms with Gasteiger partial charge < -0.3 is 15.1 Å². The fourth-order valence-corrected chi connectivity index (χ4v) is 0.400. The number of hydrogen-bond donors (Lipinski definition) is 4. The molecule has 0 aliphatic heterocycles. The SMILES string of the molecule is CC(C)(O)C(=N)NOC(=O)C=CC(=O)O. The zero-order valence-corrected chi connectivity index (χ0v) is 8.27. The van der Waals surface area contributed by atoms with Gasteiger partial charge in [-0.15, -0.1) is 0 Å². The Hall–Kier alpha value is -1.89. The second kappa shape index (κ2) is 5.11. The van der Waals surface area contributed by atoms with Gasteiger partial charge in [0.2, 0.25) is 0 Å². The number of carboxylic acids is 1. The van der Waals surface area contributed by atoms with Crippen LogP contribution < -0.4 is 5.48 Å². The molecule has 0 atom stereocenters. The Kier molecular flexibility index (Phi) is 4.46. The molecule has 84 valence electrons. The molecule has 4 N–H and O–H groups in total. The number of carboxylic acid groups (broad SMARTS) is 1. The summed E-state index contributed by atoms with van der Waals surface area (Å²) in [5.74, 6) is -2.68. The average Bonchev–Trinajstić information content (AvgIpc) is 2.09. The van der Waals surface area contributed by atoms with Crippen LogP contribution in [0, 0.1) is 5.41 Å². The molecule has 7 heteroatoms. The molecule has 0 bridgehead atoms. The second-order valence-corrected chi connectivity index (χ2v) is 3.13. The number of hydroxylamine groups is 1. The van der Waals surface area contributed by atoms with Crippen molar-refractivity contribution in [3.63, 3.8) is 0 Å². The third-order valence-electron chi connectivity index (χ3n) is 1.23. The Bertz CT molecular complexity index is 303. The summed E-state index contributed by atoms with van der Waals surface area (Å²) in [6, 6.07) is 0. The van der Waals surface area contributed by atoms with Crippen molar-refractivity contribution in [3.05, 3.63) is 12.2 Å². The van der Waals surface area contributed by atoms with Gasteiger partial charge >= 0.3 is 11.9 Å². The number of aliphatic hydroxyl groups is 1. The zero-order chi connectivity index (χ0) is 12.1. The van der Waals surface area contributed by atoms with Crippen LogP contribution in [0.5, 0.6) is 0 Å². The second-order valence-electron chi connectivity index (χ2n) is 3.13. The molecule has 0 spiro atoms. The normalized spacial score (nSPS) is 11.1. The molecular weight excluding hydrogens is 204 g/mol. The minimum Gasteiger partial charge on any atom is -0.478 e. The van der Waals surface area contributed by atoms with Crippen molar-refractivity contribution in [2.45, 2.75) is 19.4 Å². The van der Waals surface area contributed by atoms with Crippen LogP contribution in [0.25, 0.3) is 0 Å². The first-order valence-corrected chi connectivity index (χ1v) is 3.92. The molecule has 0 amide bonds. The van der Waals surface area contributed by atoms with E-state index in [-0.39, 0.29) is 0 Å². The first-order valence-electron chi connectivity index (χ1n) is 3.92. The smallest absolute Gasteiger partial charge is 0.355 e. The highest BCUT2D eigenvalue weighted by Crippen LogP contribution is 1.99. The summed E-state index contributed by atoms with van der Waals surface area (Å²) in [6.07, 6.45) is 1.27. The van der Waals surface area contributed by atoms with Gasteiger partial charge in [0.05, 0.1) is 0 Å². The topological polar surface area (TPSA) is 120 Å². The van der Waals surface area contributed by atoms with Gasteiger partial charge in [0.1, 0.15) is 5.60 Å². The molecule has 0 aliphatic rings. The van der Waals surface area contributed by atoms with E-state index in [1.807, 2.05) is 5.48 Å². The third-order valence-corrected chi connectivity index (χ3v) is 1.23. The van der Waals surface area contributed by atoms with Gasteiger partial charge in [-0.3, -0.25) is 5.41 Å². The van der Waals surface area contributed by atoms with Crippen LogP contribution in [-0.2, 0) is 14.4 Å². The summed E-state index contributed by atoms with van der Waals surface area (Å²) in [5.41, 5.74) is 0.424. The van der Waals surface area contributed by atoms with Crippen molar-refractivity contribution >= 4 is 17.8 Å². The molecule has 7 nitrogen and oxygen atoms in total. The van der Waals surface area contributed by atoms with E-state index in [1.165, 1.54) is 13.8 Å². The summed E-state index contributed by atoms with van der Waals surface area (Å²) in [5, 5.41) is 24.6. The van der Waals surface area contributed by atoms with Crippen molar-refractivity contribution < 1.29 is 24.6 Å². The van der Waals surface area contributed by atoms with E-state index in [1.54, 1.807) is 0 Å². The maximum absolute atomic E-state index is 10.8. The molecule has 0 fully saturated rings. The maximum atomic E-state index is 10.8. The number of amidine groups is 1. The zero-order valence-electron chi connectivity index (χ0n) is 8.27. The van der Waals surface area contributed by atoms with E-state index in [9.17, 15) is 14.7 Å². The summed E-state index contributed by atoms with van der Waals surface area (Å²) >= 11 is 0. The van der Waals surface area contributed by atoms with Gasteiger partial charge in [0.15, 0.2) is 5.84 Å². The van der Waals surface area contributed by atoms with Crippen molar-refractivity contribution in [2.75, 3.05) is 0 Å². The molecule has 0 heterocycles. The van der Waals surface area contributed by atoms with Crippen molar-refractivity contribution in [2.24, 2.45) is 0 Å².